The van der Waals surface area contributed by atoms with Crippen molar-refractivity contribution < 1.29 is 4.74 Å². The van der Waals surface area contributed by atoms with E-state index in [4.69, 9.17) is 22.1 Å². The second kappa shape index (κ2) is 5.74. The Morgan fingerprint density at radius 1 is 1.29 bits per heavy atom. The molecule has 1 saturated carbocycles. The first-order valence-electron chi connectivity index (χ1n) is 6.30. The zero-order chi connectivity index (χ0) is 12.3. The van der Waals surface area contributed by atoms with E-state index in [0.717, 1.165) is 11.5 Å². The van der Waals surface area contributed by atoms with Crippen LogP contribution in [0.15, 0.2) is 18.2 Å². The van der Waals surface area contributed by atoms with Crippen LogP contribution in [-0.2, 0) is 11.3 Å². The minimum atomic E-state index is 0.403. The number of hydrogen-bond acceptors (Lipinski definition) is 2. The topological polar surface area (TPSA) is 35.2 Å². The van der Waals surface area contributed by atoms with Gasteiger partial charge in [-0.3, -0.25) is 0 Å². The third kappa shape index (κ3) is 3.62. The number of ether oxygens (including phenoxy) is 1. The Morgan fingerprint density at radius 3 is 2.65 bits per heavy atom. The second-order valence-corrected chi connectivity index (χ2v) is 5.45. The molecule has 0 unspecified atom stereocenters. The van der Waals surface area contributed by atoms with Crippen molar-refractivity contribution in [2.24, 2.45) is 5.92 Å². The van der Waals surface area contributed by atoms with Crippen LogP contribution in [0.2, 0.25) is 5.02 Å². The monoisotopic (exact) mass is 253 g/mol. The Labute approximate surface area is 108 Å². The number of rotatable bonds is 3. The summed E-state index contributed by atoms with van der Waals surface area (Å²) in [5.74, 6) is 0.856. The Kier molecular flexibility index (Phi) is 4.30. The zero-order valence-corrected chi connectivity index (χ0v) is 11.0. The van der Waals surface area contributed by atoms with Crippen molar-refractivity contribution in [2.45, 2.75) is 45.3 Å². The molecule has 2 rings (SSSR count). The van der Waals surface area contributed by atoms with Crippen LogP contribution in [0.1, 0.15) is 38.2 Å². The van der Waals surface area contributed by atoms with Crippen molar-refractivity contribution in [2.75, 3.05) is 5.73 Å². The number of anilines is 1. The van der Waals surface area contributed by atoms with E-state index < -0.39 is 0 Å². The predicted octanol–water partition coefficient (Wildman–Crippen LogP) is 4.02. The van der Waals surface area contributed by atoms with E-state index in [1.165, 1.54) is 25.7 Å². The SMILES string of the molecule is CC1CCC(OCc2ccc(N)cc2Cl)CC1. The highest BCUT2D eigenvalue weighted by Gasteiger charge is 2.18. The molecule has 0 atom stereocenters. The van der Waals surface area contributed by atoms with Gasteiger partial charge in [0.2, 0.25) is 0 Å². The van der Waals surface area contributed by atoms with Gasteiger partial charge in [-0.05, 0) is 49.3 Å². The highest BCUT2D eigenvalue weighted by atomic mass is 35.5. The van der Waals surface area contributed by atoms with Crippen molar-refractivity contribution >= 4 is 17.3 Å². The normalized spacial score (nSPS) is 24.8. The van der Waals surface area contributed by atoms with Crippen LogP contribution < -0.4 is 5.73 Å². The molecule has 1 aliphatic carbocycles. The summed E-state index contributed by atoms with van der Waals surface area (Å²) in [5, 5.41) is 0.703. The van der Waals surface area contributed by atoms with E-state index in [2.05, 4.69) is 6.92 Å². The van der Waals surface area contributed by atoms with Gasteiger partial charge in [-0.1, -0.05) is 24.6 Å². The first-order chi connectivity index (χ1) is 8.15. The van der Waals surface area contributed by atoms with Gasteiger partial charge < -0.3 is 10.5 Å². The molecule has 0 amide bonds. The Balaban J connectivity index is 1.85. The smallest absolute Gasteiger partial charge is 0.0735 e. The molecule has 2 nitrogen and oxygen atoms in total. The minimum Gasteiger partial charge on any atom is -0.399 e. The van der Waals surface area contributed by atoms with Crippen molar-refractivity contribution in [1.82, 2.24) is 0 Å². The van der Waals surface area contributed by atoms with Crippen LogP contribution in [0, 0.1) is 5.92 Å². The van der Waals surface area contributed by atoms with Gasteiger partial charge in [0.15, 0.2) is 0 Å². The molecule has 1 aromatic rings. The lowest BCUT2D eigenvalue weighted by molar-refractivity contribution is 0.00881. The van der Waals surface area contributed by atoms with E-state index >= 15 is 0 Å². The molecule has 0 bridgehead atoms. The maximum atomic E-state index is 6.11. The van der Waals surface area contributed by atoms with E-state index in [0.29, 0.717) is 23.4 Å². The number of benzene rings is 1. The molecule has 0 aromatic heterocycles. The van der Waals surface area contributed by atoms with Crippen molar-refractivity contribution in [1.29, 1.82) is 0 Å². The van der Waals surface area contributed by atoms with E-state index in [1.54, 1.807) is 6.07 Å². The van der Waals surface area contributed by atoms with Gasteiger partial charge in [-0.2, -0.15) is 0 Å². The Morgan fingerprint density at radius 2 is 2.00 bits per heavy atom. The molecule has 0 saturated heterocycles. The summed E-state index contributed by atoms with van der Waals surface area (Å²) in [4.78, 5) is 0. The molecule has 0 spiro atoms. The lowest BCUT2D eigenvalue weighted by Crippen LogP contribution is -2.20. The fourth-order valence-electron chi connectivity index (χ4n) is 2.28. The van der Waals surface area contributed by atoms with Gasteiger partial charge >= 0.3 is 0 Å². The maximum Gasteiger partial charge on any atom is 0.0735 e. The van der Waals surface area contributed by atoms with E-state index in [9.17, 15) is 0 Å². The Hall–Kier alpha value is -0.730. The van der Waals surface area contributed by atoms with Crippen molar-refractivity contribution in [3.05, 3.63) is 28.8 Å². The molecule has 2 N–H and O–H groups in total. The first-order valence-corrected chi connectivity index (χ1v) is 6.68. The average Bonchev–Trinajstić information content (AvgIpc) is 2.30. The fourth-order valence-corrected chi connectivity index (χ4v) is 2.53. The second-order valence-electron chi connectivity index (χ2n) is 5.04. The van der Waals surface area contributed by atoms with Crippen molar-refractivity contribution in [3.63, 3.8) is 0 Å². The third-order valence-electron chi connectivity index (χ3n) is 3.51. The summed E-state index contributed by atoms with van der Waals surface area (Å²) in [6.45, 7) is 2.91. The number of nitrogen functional groups attached to an aromatic ring is 1. The lowest BCUT2D eigenvalue weighted by atomic mass is 9.89. The standard InChI is InChI=1S/C14H20ClNO/c1-10-2-6-13(7-3-10)17-9-11-4-5-12(16)8-14(11)15/h4-5,8,10,13H,2-3,6-7,9,16H2,1H3. The summed E-state index contributed by atoms with van der Waals surface area (Å²) >= 11 is 6.11. The maximum absolute atomic E-state index is 6.11. The summed E-state index contributed by atoms with van der Waals surface area (Å²) in [7, 11) is 0. The highest BCUT2D eigenvalue weighted by molar-refractivity contribution is 6.31. The van der Waals surface area contributed by atoms with Gasteiger partial charge in [-0.15, -0.1) is 0 Å². The third-order valence-corrected chi connectivity index (χ3v) is 3.87. The van der Waals surface area contributed by atoms with Crippen LogP contribution in [0.25, 0.3) is 0 Å². The number of halogens is 1. The van der Waals surface area contributed by atoms with Crippen LogP contribution in [-0.4, -0.2) is 6.10 Å². The molecule has 1 aliphatic rings. The lowest BCUT2D eigenvalue weighted by Gasteiger charge is -2.26. The van der Waals surface area contributed by atoms with Crippen LogP contribution in [0.4, 0.5) is 5.69 Å². The largest absolute Gasteiger partial charge is 0.399 e. The molecule has 1 aromatic carbocycles. The highest BCUT2D eigenvalue weighted by Crippen LogP contribution is 2.27. The molecular formula is C14H20ClNO. The molecule has 0 heterocycles. The van der Waals surface area contributed by atoms with Gasteiger partial charge in [-0.25, -0.2) is 0 Å². The summed E-state index contributed by atoms with van der Waals surface area (Å²) in [6.07, 6.45) is 5.31. The molecule has 0 radical (unpaired) electrons. The summed E-state index contributed by atoms with van der Waals surface area (Å²) < 4.78 is 5.91. The summed E-state index contributed by atoms with van der Waals surface area (Å²) in [6, 6.07) is 5.60. The van der Waals surface area contributed by atoms with E-state index in [-0.39, 0.29) is 0 Å². The van der Waals surface area contributed by atoms with Crippen LogP contribution in [0.5, 0.6) is 0 Å². The van der Waals surface area contributed by atoms with Gasteiger partial charge in [0, 0.05) is 10.7 Å². The minimum absolute atomic E-state index is 0.403. The van der Waals surface area contributed by atoms with Gasteiger partial charge in [0.25, 0.3) is 0 Å². The molecule has 0 aliphatic heterocycles. The molecule has 94 valence electrons. The quantitative estimate of drug-likeness (QED) is 0.826. The fraction of sp³-hybridized carbons (Fsp3) is 0.571. The van der Waals surface area contributed by atoms with Crippen molar-refractivity contribution in [3.8, 4) is 0 Å². The molecule has 1 fully saturated rings. The van der Waals surface area contributed by atoms with Crippen LogP contribution >= 0.6 is 11.6 Å². The Bertz CT molecular complexity index is 372. The van der Waals surface area contributed by atoms with Gasteiger partial charge in [0.1, 0.15) is 0 Å². The number of nitrogens with two attached hydrogens (primary N) is 1. The van der Waals surface area contributed by atoms with Gasteiger partial charge in [0.05, 0.1) is 12.7 Å². The molecular weight excluding hydrogens is 234 g/mol. The van der Waals surface area contributed by atoms with E-state index in [1.807, 2.05) is 12.1 Å². The zero-order valence-electron chi connectivity index (χ0n) is 10.3. The average molecular weight is 254 g/mol. The molecule has 17 heavy (non-hydrogen) atoms. The van der Waals surface area contributed by atoms with Crippen LogP contribution in [0.3, 0.4) is 0 Å². The predicted molar refractivity (Wildman–Crippen MR) is 72.1 cm³/mol. The number of hydrogen-bond donors (Lipinski definition) is 1. The molecule has 3 heteroatoms. The summed E-state index contributed by atoms with van der Waals surface area (Å²) in [5.41, 5.74) is 7.38. The first kappa shape index (κ1) is 12.7.